The highest BCUT2D eigenvalue weighted by atomic mass is 32.2. The van der Waals surface area contributed by atoms with E-state index in [4.69, 9.17) is 5.73 Å². The van der Waals surface area contributed by atoms with E-state index in [0.29, 0.717) is 22.4 Å². The number of thiazole rings is 1. The lowest BCUT2D eigenvalue weighted by atomic mass is 10.3. The molecule has 0 radical (unpaired) electrons. The van der Waals surface area contributed by atoms with Crippen molar-refractivity contribution in [3.63, 3.8) is 0 Å². The van der Waals surface area contributed by atoms with Crippen LogP contribution in [0.3, 0.4) is 0 Å². The Hall–Kier alpha value is -1.45. The summed E-state index contributed by atoms with van der Waals surface area (Å²) in [7, 11) is -3.71. The molecule has 1 fully saturated rings. The van der Waals surface area contributed by atoms with E-state index in [2.05, 4.69) is 19.9 Å². The van der Waals surface area contributed by atoms with Crippen LogP contribution in [-0.2, 0) is 16.6 Å². The Morgan fingerprint density at radius 3 is 2.95 bits per heavy atom. The highest BCUT2D eigenvalue weighted by molar-refractivity contribution is 7.93. The van der Waals surface area contributed by atoms with Crippen molar-refractivity contribution in [1.29, 1.82) is 0 Å². The zero-order chi connectivity index (χ0) is 14.3. The van der Waals surface area contributed by atoms with Gasteiger partial charge in [0.1, 0.15) is 4.90 Å². The molecular weight excluding hydrogens is 298 g/mol. The summed E-state index contributed by atoms with van der Waals surface area (Å²) in [6, 6.07) is 0. The summed E-state index contributed by atoms with van der Waals surface area (Å²) in [6.45, 7) is 1.71. The Bertz CT molecular complexity index is 730. The number of nitrogens with two attached hydrogens (primary N) is 1. The first-order valence-corrected chi connectivity index (χ1v) is 8.59. The number of H-pyrrole nitrogens is 1. The van der Waals surface area contributed by atoms with Gasteiger partial charge in [-0.1, -0.05) is 0 Å². The van der Waals surface area contributed by atoms with Gasteiger partial charge in [-0.15, -0.1) is 11.3 Å². The third-order valence-corrected chi connectivity index (χ3v) is 5.61. The standard InChI is InChI=1S/C11H15N5O2S2/c1-6-10(8(4-12)15-14-6)20(17,18)16-11-13-9(5-19-11)7-2-3-7/h5,7H,2-4,12H2,1H3,(H,13,16)(H,14,15). The van der Waals surface area contributed by atoms with E-state index in [1.54, 1.807) is 6.92 Å². The van der Waals surface area contributed by atoms with Crippen LogP contribution in [0.5, 0.6) is 0 Å². The van der Waals surface area contributed by atoms with Crippen LogP contribution in [0.1, 0.15) is 35.8 Å². The van der Waals surface area contributed by atoms with Crippen molar-refractivity contribution in [2.75, 3.05) is 4.72 Å². The smallest absolute Gasteiger partial charge is 0.267 e. The third kappa shape index (κ3) is 2.43. The van der Waals surface area contributed by atoms with Crippen LogP contribution >= 0.6 is 11.3 Å². The normalized spacial score (nSPS) is 15.5. The lowest BCUT2D eigenvalue weighted by molar-refractivity contribution is 0.599. The average molecular weight is 313 g/mol. The molecule has 9 heteroatoms. The van der Waals surface area contributed by atoms with Crippen LogP contribution in [0.25, 0.3) is 0 Å². The Kier molecular flexibility index (Phi) is 3.27. The lowest BCUT2D eigenvalue weighted by Gasteiger charge is -2.05. The topological polar surface area (TPSA) is 114 Å². The highest BCUT2D eigenvalue weighted by Crippen LogP contribution is 2.41. The number of sulfonamides is 1. The molecular formula is C11H15N5O2S2. The van der Waals surface area contributed by atoms with Crippen LogP contribution in [-0.4, -0.2) is 23.6 Å². The molecule has 2 aromatic heterocycles. The monoisotopic (exact) mass is 313 g/mol. The molecule has 0 aromatic carbocycles. The first-order chi connectivity index (χ1) is 9.51. The predicted octanol–water partition coefficient (Wildman–Crippen LogP) is 1.31. The fourth-order valence-electron chi connectivity index (χ4n) is 2.03. The summed E-state index contributed by atoms with van der Waals surface area (Å²) in [4.78, 5) is 4.43. The minimum Gasteiger partial charge on any atom is -0.325 e. The van der Waals surface area contributed by atoms with Gasteiger partial charge in [0.2, 0.25) is 0 Å². The molecule has 0 saturated heterocycles. The fraction of sp³-hybridized carbons (Fsp3) is 0.455. The molecule has 108 valence electrons. The molecule has 0 spiro atoms. The van der Waals surface area contributed by atoms with E-state index in [-0.39, 0.29) is 11.4 Å². The van der Waals surface area contributed by atoms with E-state index < -0.39 is 10.0 Å². The number of hydrogen-bond donors (Lipinski definition) is 3. The molecule has 0 bridgehead atoms. The first-order valence-electron chi connectivity index (χ1n) is 6.23. The van der Waals surface area contributed by atoms with E-state index in [0.717, 1.165) is 18.5 Å². The summed E-state index contributed by atoms with van der Waals surface area (Å²) in [5.41, 5.74) is 7.28. The van der Waals surface area contributed by atoms with E-state index in [9.17, 15) is 8.42 Å². The second kappa shape index (κ2) is 4.83. The Morgan fingerprint density at radius 2 is 2.30 bits per heavy atom. The van der Waals surface area contributed by atoms with Crippen molar-refractivity contribution >= 4 is 26.5 Å². The number of nitrogens with zero attached hydrogens (tertiary/aromatic N) is 2. The molecule has 1 saturated carbocycles. The second-order valence-electron chi connectivity index (χ2n) is 4.79. The zero-order valence-electron chi connectivity index (χ0n) is 10.9. The Morgan fingerprint density at radius 1 is 1.55 bits per heavy atom. The van der Waals surface area contributed by atoms with Crippen LogP contribution in [0.2, 0.25) is 0 Å². The maximum Gasteiger partial charge on any atom is 0.267 e. The van der Waals surface area contributed by atoms with Crippen LogP contribution in [0, 0.1) is 6.92 Å². The van der Waals surface area contributed by atoms with Crippen molar-refractivity contribution in [3.8, 4) is 0 Å². The molecule has 2 aromatic rings. The third-order valence-electron chi connectivity index (χ3n) is 3.16. The number of aromatic nitrogens is 3. The highest BCUT2D eigenvalue weighted by Gasteiger charge is 2.28. The van der Waals surface area contributed by atoms with Gasteiger partial charge in [-0.05, 0) is 19.8 Å². The number of aromatic amines is 1. The summed E-state index contributed by atoms with van der Waals surface area (Å²) in [5, 5.41) is 8.84. The first kappa shape index (κ1) is 13.5. The van der Waals surface area contributed by atoms with Crippen molar-refractivity contribution < 1.29 is 8.42 Å². The van der Waals surface area contributed by atoms with Gasteiger partial charge < -0.3 is 5.73 Å². The summed E-state index contributed by atoms with van der Waals surface area (Å²) in [6.07, 6.45) is 2.27. The summed E-state index contributed by atoms with van der Waals surface area (Å²) in [5.74, 6) is 0.500. The molecule has 0 unspecified atom stereocenters. The summed E-state index contributed by atoms with van der Waals surface area (Å²) >= 11 is 1.30. The van der Waals surface area contributed by atoms with Crippen LogP contribution in [0.4, 0.5) is 5.13 Å². The largest absolute Gasteiger partial charge is 0.325 e. The van der Waals surface area contributed by atoms with Gasteiger partial charge in [-0.2, -0.15) is 5.10 Å². The van der Waals surface area contributed by atoms with E-state index >= 15 is 0 Å². The van der Waals surface area contributed by atoms with Crippen molar-refractivity contribution in [3.05, 3.63) is 22.5 Å². The number of aryl methyl sites for hydroxylation is 1. The molecule has 3 rings (SSSR count). The summed E-state index contributed by atoms with van der Waals surface area (Å²) < 4.78 is 27.3. The van der Waals surface area contributed by atoms with Crippen molar-refractivity contribution in [2.24, 2.45) is 5.73 Å². The van der Waals surface area contributed by atoms with Gasteiger partial charge in [0.05, 0.1) is 17.1 Å². The molecule has 7 nitrogen and oxygen atoms in total. The van der Waals surface area contributed by atoms with Crippen molar-refractivity contribution in [1.82, 2.24) is 15.2 Å². The van der Waals surface area contributed by atoms with Gasteiger partial charge in [0.25, 0.3) is 10.0 Å². The average Bonchev–Trinajstić information content (AvgIpc) is 3.02. The zero-order valence-corrected chi connectivity index (χ0v) is 12.5. The number of hydrogen-bond acceptors (Lipinski definition) is 6. The number of anilines is 1. The molecule has 0 atom stereocenters. The van der Waals surface area contributed by atoms with Gasteiger partial charge in [-0.25, -0.2) is 13.4 Å². The van der Waals surface area contributed by atoms with Crippen LogP contribution < -0.4 is 10.5 Å². The SMILES string of the molecule is Cc1[nH]nc(CN)c1S(=O)(=O)Nc1nc(C2CC2)cs1. The number of nitrogens with one attached hydrogen (secondary N) is 2. The maximum absolute atomic E-state index is 12.4. The second-order valence-corrected chi connectivity index (χ2v) is 7.26. The molecule has 20 heavy (non-hydrogen) atoms. The molecule has 2 heterocycles. The van der Waals surface area contributed by atoms with E-state index in [1.807, 2.05) is 5.38 Å². The fourth-order valence-corrected chi connectivity index (χ4v) is 4.45. The van der Waals surface area contributed by atoms with Gasteiger partial charge in [0.15, 0.2) is 5.13 Å². The Labute approximate surface area is 120 Å². The predicted molar refractivity (Wildman–Crippen MR) is 76.1 cm³/mol. The Balaban J connectivity index is 1.89. The van der Waals surface area contributed by atoms with E-state index in [1.165, 1.54) is 11.3 Å². The molecule has 1 aliphatic carbocycles. The molecule has 0 aliphatic heterocycles. The quantitative estimate of drug-likeness (QED) is 0.770. The van der Waals surface area contributed by atoms with Gasteiger partial charge in [0, 0.05) is 17.8 Å². The van der Waals surface area contributed by atoms with Gasteiger partial charge in [-0.3, -0.25) is 9.82 Å². The molecule has 1 aliphatic rings. The molecule has 0 amide bonds. The van der Waals surface area contributed by atoms with Crippen LogP contribution in [0.15, 0.2) is 10.3 Å². The minimum absolute atomic E-state index is 0.0613. The van der Waals surface area contributed by atoms with Gasteiger partial charge >= 0.3 is 0 Å². The maximum atomic E-state index is 12.4. The minimum atomic E-state index is -3.71. The lowest BCUT2D eigenvalue weighted by Crippen LogP contribution is -2.16. The molecule has 4 N–H and O–H groups in total. The number of rotatable bonds is 5. The van der Waals surface area contributed by atoms with Crippen molar-refractivity contribution in [2.45, 2.75) is 37.1 Å².